The first-order chi connectivity index (χ1) is 12.7. The van der Waals surface area contributed by atoms with Crippen LogP contribution in [0.15, 0.2) is 54.6 Å². The van der Waals surface area contributed by atoms with Crippen molar-refractivity contribution in [3.8, 4) is 5.75 Å². The highest BCUT2D eigenvalue weighted by Crippen LogP contribution is 2.16. The smallest absolute Gasteiger partial charge is 0.335 e. The number of morpholine rings is 1. The highest BCUT2D eigenvalue weighted by molar-refractivity contribution is 5.87. The number of rotatable bonds is 8. The zero-order valence-corrected chi connectivity index (χ0v) is 16.1. The van der Waals surface area contributed by atoms with Crippen LogP contribution in [0.25, 0.3) is 0 Å². The summed E-state index contributed by atoms with van der Waals surface area (Å²) in [4.78, 5) is 13.3. The van der Waals surface area contributed by atoms with Crippen LogP contribution in [0.2, 0.25) is 0 Å². The van der Waals surface area contributed by atoms with Gasteiger partial charge in [-0.25, -0.2) is 4.79 Å². The largest absolute Gasteiger partial charge is 0.494 e. The van der Waals surface area contributed by atoms with Crippen molar-refractivity contribution >= 4 is 18.4 Å². The highest BCUT2D eigenvalue weighted by atomic mass is 35.5. The number of halogens is 1. The Morgan fingerprint density at radius 3 is 2.59 bits per heavy atom. The number of hydrogen-bond acceptors (Lipinski definition) is 4. The van der Waals surface area contributed by atoms with Gasteiger partial charge in [0, 0.05) is 19.6 Å². The molecule has 1 aliphatic rings. The Morgan fingerprint density at radius 1 is 1.15 bits per heavy atom. The summed E-state index contributed by atoms with van der Waals surface area (Å²) >= 11 is 0. The van der Waals surface area contributed by atoms with Gasteiger partial charge in [0.25, 0.3) is 0 Å². The van der Waals surface area contributed by atoms with Crippen LogP contribution in [0, 0.1) is 0 Å². The van der Waals surface area contributed by atoms with E-state index in [1.165, 1.54) is 5.56 Å². The minimum Gasteiger partial charge on any atom is -0.494 e. The minimum atomic E-state index is -0.925. The maximum Gasteiger partial charge on any atom is 0.335 e. The van der Waals surface area contributed by atoms with E-state index in [0.29, 0.717) is 12.4 Å². The van der Waals surface area contributed by atoms with Gasteiger partial charge in [-0.2, -0.15) is 0 Å². The van der Waals surface area contributed by atoms with E-state index in [2.05, 4.69) is 29.2 Å². The number of nitrogens with zero attached hydrogens (tertiary/aromatic N) is 1. The Balaban J connectivity index is 0.00000261. The van der Waals surface area contributed by atoms with Gasteiger partial charge in [-0.3, -0.25) is 4.90 Å². The van der Waals surface area contributed by atoms with Crippen molar-refractivity contribution in [2.75, 3.05) is 26.3 Å². The zero-order chi connectivity index (χ0) is 18.2. The molecule has 0 radical (unpaired) electrons. The molecule has 0 spiro atoms. The van der Waals surface area contributed by atoms with Gasteiger partial charge in [-0.05, 0) is 42.7 Å². The number of carboxylic acid groups (broad SMARTS) is 1. The van der Waals surface area contributed by atoms with E-state index in [0.717, 1.165) is 39.1 Å². The van der Waals surface area contributed by atoms with Gasteiger partial charge >= 0.3 is 5.97 Å². The lowest BCUT2D eigenvalue weighted by atomic mass is 10.1. The molecule has 0 aliphatic carbocycles. The van der Waals surface area contributed by atoms with E-state index in [1.807, 2.05) is 6.07 Å². The molecule has 1 unspecified atom stereocenters. The Bertz CT molecular complexity index is 693. The van der Waals surface area contributed by atoms with Gasteiger partial charge in [-0.1, -0.05) is 30.3 Å². The Morgan fingerprint density at radius 2 is 1.89 bits per heavy atom. The van der Waals surface area contributed by atoms with Crippen molar-refractivity contribution in [3.63, 3.8) is 0 Å². The predicted octanol–water partition coefficient (Wildman–Crippen LogP) is 3.87. The third-order valence-corrected chi connectivity index (χ3v) is 4.51. The molecule has 2 aromatic rings. The lowest BCUT2D eigenvalue weighted by Crippen LogP contribution is -2.42. The normalized spacial score (nSPS) is 17.1. The van der Waals surface area contributed by atoms with Crippen LogP contribution >= 0.6 is 12.4 Å². The molecular weight excluding hydrogens is 366 g/mol. The van der Waals surface area contributed by atoms with Crippen molar-refractivity contribution in [1.29, 1.82) is 0 Å². The highest BCUT2D eigenvalue weighted by Gasteiger charge is 2.20. The molecule has 2 aromatic carbocycles. The lowest BCUT2D eigenvalue weighted by molar-refractivity contribution is -0.0367. The minimum absolute atomic E-state index is 0. The second-order valence-electron chi connectivity index (χ2n) is 6.53. The second-order valence-corrected chi connectivity index (χ2v) is 6.53. The van der Waals surface area contributed by atoms with Gasteiger partial charge in [0.2, 0.25) is 0 Å². The maximum atomic E-state index is 10.8. The molecule has 1 N–H and O–H groups in total. The van der Waals surface area contributed by atoms with Gasteiger partial charge in [0.1, 0.15) is 5.75 Å². The average molecular weight is 392 g/mol. The number of hydrogen-bond donors (Lipinski definition) is 1. The molecule has 27 heavy (non-hydrogen) atoms. The summed E-state index contributed by atoms with van der Waals surface area (Å²) in [5.41, 5.74) is 1.60. The van der Waals surface area contributed by atoms with Crippen LogP contribution in [-0.2, 0) is 11.3 Å². The summed E-state index contributed by atoms with van der Waals surface area (Å²) in [6.07, 6.45) is 2.11. The summed E-state index contributed by atoms with van der Waals surface area (Å²) in [5.74, 6) is -0.226. The Hall–Kier alpha value is -2.08. The average Bonchev–Trinajstić information content (AvgIpc) is 2.67. The Labute approximate surface area is 166 Å². The van der Waals surface area contributed by atoms with E-state index in [1.54, 1.807) is 24.3 Å². The molecule has 5 nitrogen and oxygen atoms in total. The summed E-state index contributed by atoms with van der Waals surface area (Å²) in [6, 6.07) is 17.0. The van der Waals surface area contributed by atoms with Crippen molar-refractivity contribution in [2.24, 2.45) is 0 Å². The molecule has 0 saturated carbocycles. The van der Waals surface area contributed by atoms with Gasteiger partial charge in [0.05, 0.1) is 24.9 Å². The number of ether oxygens (including phenoxy) is 2. The number of carbonyl (C=O) groups is 1. The van der Waals surface area contributed by atoms with Gasteiger partial charge < -0.3 is 14.6 Å². The van der Waals surface area contributed by atoms with Crippen LogP contribution in [0.1, 0.15) is 28.8 Å². The van der Waals surface area contributed by atoms with E-state index in [4.69, 9.17) is 14.6 Å². The van der Waals surface area contributed by atoms with Gasteiger partial charge in [0.15, 0.2) is 0 Å². The molecule has 0 aromatic heterocycles. The van der Waals surface area contributed by atoms with E-state index in [9.17, 15) is 4.79 Å². The summed E-state index contributed by atoms with van der Waals surface area (Å²) < 4.78 is 11.6. The Kier molecular flexibility index (Phi) is 8.58. The van der Waals surface area contributed by atoms with Crippen molar-refractivity contribution in [1.82, 2.24) is 4.90 Å². The van der Waals surface area contributed by atoms with Crippen LogP contribution < -0.4 is 4.74 Å². The topological polar surface area (TPSA) is 59.0 Å². The first-order valence-electron chi connectivity index (χ1n) is 9.05. The molecule has 1 atom stereocenters. The number of carboxylic acids is 1. The molecule has 1 heterocycles. The fraction of sp³-hybridized carbons (Fsp3) is 0.381. The van der Waals surface area contributed by atoms with E-state index >= 15 is 0 Å². The van der Waals surface area contributed by atoms with Crippen LogP contribution in [0.5, 0.6) is 5.75 Å². The predicted molar refractivity (Wildman–Crippen MR) is 107 cm³/mol. The molecule has 6 heteroatoms. The molecular formula is C21H26ClNO4. The van der Waals surface area contributed by atoms with E-state index < -0.39 is 5.97 Å². The fourth-order valence-corrected chi connectivity index (χ4v) is 3.14. The summed E-state index contributed by atoms with van der Waals surface area (Å²) in [6.45, 7) is 4.26. The quantitative estimate of drug-likeness (QED) is 0.692. The standard InChI is InChI=1S/C21H25NO4.ClH/c23-21(24)18-8-10-19(11-9-18)25-13-4-7-20-16-22(12-14-26-20)15-17-5-2-1-3-6-17;/h1-3,5-6,8-11,20H,4,7,12-16H2,(H,23,24);1H. The SMILES string of the molecule is Cl.O=C(O)c1ccc(OCCCC2CN(Cc3ccccc3)CCO2)cc1. The third-order valence-electron chi connectivity index (χ3n) is 4.51. The van der Waals surface area contributed by atoms with E-state index in [-0.39, 0.29) is 24.1 Å². The van der Waals surface area contributed by atoms with Gasteiger partial charge in [-0.15, -0.1) is 12.4 Å². The van der Waals surface area contributed by atoms with Crippen LogP contribution in [0.4, 0.5) is 0 Å². The molecule has 3 rings (SSSR count). The molecule has 1 aliphatic heterocycles. The first kappa shape index (κ1) is 21.2. The molecule has 1 saturated heterocycles. The summed E-state index contributed by atoms with van der Waals surface area (Å²) in [5, 5.41) is 8.89. The number of benzene rings is 2. The molecule has 0 amide bonds. The van der Waals surface area contributed by atoms with Crippen molar-refractivity contribution < 1.29 is 19.4 Å². The van der Waals surface area contributed by atoms with Crippen molar-refractivity contribution in [2.45, 2.75) is 25.5 Å². The molecule has 1 fully saturated rings. The van der Waals surface area contributed by atoms with Crippen LogP contribution in [0.3, 0.4) is 0 Å². The second kappa shape index (κ2) is 10.9. The van der Waals surface area contributed by atoms with Crippen LogP contribution in [-0.4, -0.2) is 48.4 Å². The maximum absolute atomic E-state index is 10.8. The monoisotopic (exact) mass is 391 g/mol. The fourth-order valence-electron chi connectivity index (χ4n) is 3.14. The zero-order valence-electron chi connectivity index (χ0n) is 15.3. The lowest BCUT2D eigenvalue weighted by Gasteiger charge is -2.33. The molecule has 146 valence electrons. The first-order valence-corrected chi connectivity index (χ1v) is 9.05. The molecule has 0 bridgehead atoms. The van der Waals surface area contributed by atoms with Crippen molar-refractivity contribution in [3.05, 3.63) is 65.7 Å². The third kappa shape index (κ3) is 6.86. The summed E-state index contributed by atoms with van der Waals surface area (Å²) in [7, 11) is 0. The number of aromatic carboxylic acids is 1.